The first-order valence-electron chi connectivity index (χ1n) is 9.68. The molecule has 144 valence electrons. The van der Waals surface area contributed by atoms with Gasteiger partial charge in [-0.1, -0.05) is 36.4 Å². The normalized spacial score (nSPS) is 16.0. The molecule has 1 heterocycles. The van der Waals surface area contributed by atoms with Crippen LogP contribution in [0.5, 0.6) is 0 Å². The summed E-state index contributed by atoms with van der Waals surface area (Å²) in [6.45, 7) is 4.02. The minimum absolute atomic E-state index is 0.372. The highest BCUT2D eigenvalue weighted by molar-refractivity contribution is 5.90. The third-order valence-electron chi connectivity index (χ3n) is 5.51. The molecule has 1 aliphatic rings. The maximum Gasteiger partial charge on any atom is 0.267 e. The van der Waals surface area contributed by atoms with Crippen molar-refractivity contribution in [1.29, 1.82) is 0 Å². The highest BCUT2D eigenvalue weighted by Crippen LogP contribution is 2.32. The summed E-state index contributed by atoms with van der Waals surface area (Å²) in [6, 6.07) is 15.2. The molecule has 0 fully saturated rings. The van der Waals surface area contributed by atoms with E-state index in [0.717, 1.165) is 31.5 Å². The third kappa shape index (κ3) is 3.72. The van der Waals surface area contributed by atoms with Crippen molar-refractivity contribution in [2.75, 3.05) is 6.54 Å². The van der Waals surface area contributed by atoms with Crippen LogP contribution in [0.4, 0.5) is 0 Å². The summed E-state index contributed by atoms with van der Waals surface area (Å²) in [5.74, 6) is -0.521. The van der Waals surface area contributed by atoms with Crippen LogP contribution in [0, 0.1) is 6.92 Å². The summed E-state index contributed by atoms with van der Waals surface area (Å²) in [5.41, 5.74) is 7.85. The van der Waals surface area contributed by atoms with Gasteiger partial charge in [-0.3, -0.25) is 10.0 Å². The monoisotopic (exact) mass is 375 g/mol. The number of nitrogens with zero attached hydrogens (tertiary/aromatic N) is 1. The van der Waals surface area contributed by atoms with E-state index in [0.29, 0.717) is 6.04 Å². The molecule has 0 bridgehead atoms. The van der Waals surface area contributed by atoms with Gasteiger partial charge in [0.1, 0.15) is 0 Å². The van der Waals surface area contributed by atoms with Crippen LogP contribution in [0.2, 0.25) is 0 Å². The summed E-state index contributed by atoms with van der Waals surface area (Å²) in [6.07, 6.45) is 7.40. The summed E-state index contributed by atoms with van der Waals surface area (Å²) in [7, 11) is 0. The Morgan fingerprint density at radius 3 is 3.00 bits per heavy atom. The average Bonchev–Trinajstić information content (AvgIpc) is 3.27. The Labute approximate surface area is 164 Å². The molecule has 1 amide bonds. The van der Waals surface area contributed by atoms with Gasteiger partial charge in [-0.25, -0.2) is 5.48 Å². The molecule has 1 atom stereocenters. The van der Waals surface area contributed by atoms with Crippen LogP contribution in [-0.2, 0) is 17.8 Å². The van der Waals surface area contributed by atoms with Gasteiger partial charge in [0.25, 0.3) is 5.91 Å². The van der Waals surface area contributed by atoms with Crippen molar-refractivity contribution in [2.24, 2.45) is 0 Å². The molecule has 0 spiro atoms. The molecule has 3 N–H and O–H groups in total. The van der Waals surface area contributed by atoms with Crippen molar-refractivity contribution < 1.29 is 10.0 Å². The number of hydrogen-bond donors (Lipinski definition) is 3. The van der Waals surface area contributed by atoms with Gasteiger partial charge >= 0.3 is 0 Å². The number of aromatic nitrogens is 1. The fourth-order valence-electron chi connectivity index (χ4n) is 4.14. The van der Waals surface area contributed by atoms with E-state index in [1.165, 1.54) is 33.7 Å². The lowest BCUT2D eigenvalue weighted by Gasteiger charge is -2.15. The Hall–Kier alpha value is -2.89. The summed E-state index contributed by atoms with van der Waals surface area (Å²) >= 11 is 0. The SMILES string of the molecule is Cc1cn(CCNC2CCc3cc(/C=C/C(=O)NO)ccc32)c2ccccc12. The van der Waals surface area contributed by atoms with Crippen molar-refractivity contribution >= 4 is 22.9 Å². The second-order valence-corrected chi connectivity index (χ2v) is 7.34. The lowest BCUT2D eigenvalue weighted by atomic mass is 10.0. The van der Waals surface area contributed by atoms with Gasteiger partial charge in [0, 0.05) is 42.3 Å². The molecule has 5 heteroatoms. The average molecular weight is 375 g/mol. The number of amides is 1. The van der Waals surface area contributed by atoms with Gasteiger partial charge in [-0.2, -0.15) is 0 Å². The fraction of sp³-hybridized carbons (Fsp3) is 0.261. The number of carbonyl (C=O) groups is 1. The van der Waals surface area contributed by atoms with Crippen molar-refractivity contribution in [3.63, 3.8) is 0 Å². The fourth-order valence-corrected chi connectivity index (χ4v) is 4.14. The van der Waals surface area contributed by atoms with E-state index in [1.807, 2.05) is 6.07 Å². The molecule has 2 aromatic carbocycles. The molecular weight excluding hydrogens is 350 g/mol. The standard InChI is InChI=1S/C23H25N3O2/c1-16-15-26(22-5-3-2-4-19(16)22)13-12-24-21-10-8-18-14-17(6-9-20(18)21)7-11-23(27)25-28/h2-7,9,11,14-15,21,24,28H,8,10,12-13H2,1H3,(H,25,27)/b11-7+. The third-order valence-corrected chi connectivity index (χ3v) is 5.51. The van der Waals surface area contributed by atoms with E-state index >= 15 is 0 Å². The number of carbonyl (C=O) groups excluding carboxylic acids is 1. The predicted octanol–water partition coefficient (Wildman–Crippen LogP) is 3.75. The van der Waals surface area contributed by atoms with Crippen LogP contribution in [0.3, 0.4) is 0 Å². The van der Waals surface area contributed by atoms with Gasteiger partial charge in [0.05, 0.1) is 0 Å². The maximum atomic E-state index is 11.1. The first-order valence-corrected chi connectivity index (χ1v) is 9.68. The van der Waals surface area contributed by atoms with Gasteiger partial charge in [0.15, 0.2) is 0 Å². The Kier molecular flexibility index (Phi) is 5.28. The molecule has 28 heavy (non-hydrogen) atoms. The molecule has 3 aromatic rings. The molecule has 1 unspecified atom stereocenters. The molecular formula is C23H25N3O2. The predicted molar refractivity (Wildman–Crippen MR) is 111 cm³/mol. The zero-order valence-electron chi connectivity index (χ0n) is 16.0. The number of hydroxylamine groups is 1. The zero-order valence-corrected chi connectivity index (χ0v) is 16.0. The largest absolute Gasteiger partial charge is 0.346 e. The lowest BCUT2D eigenvalue weighted by molar-refractivity contribution is -0.124. The van der Waals surface area contributed by atoms with Crippen LogP contribution in [0.15, 0.2) is 54.7 Å². The van der Waals surface area contributed by atoms with Crippen LogP contribution < -0.4 is 10.8 Å². The zero-order chi connectivity index (χ0) is 19.5. The molecule has 0 radical (unpaired) electrons. The highest BCUT2D eigenvalue weighted by atomic mass is 16.5. The van der Waals surface area contributed by atoms with Crippen molar-refractivity contribution in [2.45, 2.75) is 32.4 Å². The topological polar surface area (TPSA) is 66.3 Å². The second kappa shape index (κ2) is 8.00. The van der Waals surface area contributed by atoms with Crippen LogP contribution in [0.25, 0.3) is 17.0 Å². The summed E-state index contributed by atoms with van der Waals surface area (Å²) < 4.78 is 2.33. The number of hydrogen-bond acceptors (Lipinski definition) is 3. The van der Waals surface area contributed by atoms with Crippen molar-refractivity contribution in [3.8, 4) is 0 Å². The minimum Gasteiger partial charge on any atom is -0.346 e. The van der Waals surface area contributed by atoms with Gasteiger partial charge in [-0.15, -0.1) is 0 Å². The molecule has 0 saturated carbocycles. The van der Waals surface area contributed by atoms with Gasteiger partial charge < -0.3 is 9.88 Å². The van der Waals surface area contributed by atoms with E-state index in [2.05, 4.69) is 59.4 Å². The Balaban J connectivity index is 1.40. The van der Waals surface area contributed by atoms with E-state index < -0.39 is 5.91 Å². The van der Waals surface area contributed by atoms with Crippen molar-refractivity contribution in [3.05, 3.63) is 77.0 Å². The Morgan fingerprint density at radius 2 is 2.14 bits per heavy atom. The molecule has 5 nitrogen and oxygen atoms in total. The van der Waals surface area contributed by atoms with E-state index in [9.17, 15) is 4.79 Å². The first-order chi connectivity index (χ1) is 13.7. The smallest absolute Gasteiger partial charge is 0.267 e. The van der Waals surface area contributed by atoms with Crippen molar-refractivity contribution in [1.82, 2.24) is 15.4 Å². The van der Waals surface area contributed by atoms with Crippen LogP contribution >= 0.6 is 0 Å². The van der Waals surface area contributed by atoms with Crippen LogP contribution in [0.1, 0.15) is 34.7 Å². The minimum atomic E-state index is -0.521. The Morgan fingerprint density at radius 1 is 1.29 bits per heavy atom. The highest BCUT2D eigenvalue weighted by Gasteiger charge is 2.21. The number of para-hydroxylation sites is 1. The summed E-state index contributed by atoms with van der Waals surface area (Å²) in [5, 5.41) is 13.6. The second-order valence-electron chi connectivity index (χ2n) is 7.34. The number of fused-ring (bicyclic) bond motifs is 2. The van der Waals surface area contributed by atoms with E-state index in [-0.39, 0.29) is 0 Å². The number of benzene rings is 2. The van der Waals surface area contributed by atoms with Crippen LogP contribution in [-0.4, -0.2) is 22.2 Å². The van der Waals surface area contributed by atoms with E-state index in [1.54, 1.807) is 11.6 Å². The quantitative estimate of drug-likeness (QED) is 0.349. The molecule has 0 saturated heterocycles. The molecule has 0 aliphatic heterocycles. The van der Waals surface area contributed by atoms with E-state index in [4.69, 9.17) is 5.21 Å². The summed E-state index contributed by atoms with van der Waals surface area (Å²) in [4.78, 5) is 11.1. The Bertz CT molecular complexity index is 1040. The molecule has 1 aromatic heterocycles. The number of aryl methyl sites for hydroxylation is 2. The molecule has 4 rings (SSSR count). The molecule has 1 aliphatic carbocycles. The van der Waals surface area contributed by atoms with Gasteiger partial charge in [-0.05, 0) is 54.2 Å². The van der Waals surface area contributed by atoms with Gasteiger partial charge in [0.2, 0.25) is 0 Å². The maximum absolute atomic E-state index is 11.1. The lowest BCUT2D eigenvalue weighted by Crippen LogP contribution is -2.23. The number of nitrogens with one attached hydrogen (secondary N) is 2. The first kappa shape index (κ1) is 18.5. The number of rotatable bonds is 6.